The van der Waals surface area contributed by atoms with E-state index >= 15 is 0 Å². The number of fused-ring (bicyclic) bond motifs is 1. The molecule has 0 aliphatic rings. The Hall–Kier alpha value is -2.86. The zero-order valence-electron chi connectivity index (χ0n) is 10.9. The van der Waals surface area contributed by atoms with Gasteiger partial charge < -0.3 is 5.32 Å². The van der Waals surface area contributed by atoms with Gasteiger partial charge in [0.2, 0.25) is 0 Å². The summed E-state index contributed by atoms with van der Waals surface area (Å²) in [6.07, 6.45) is 1.80. The van der Waals surface area contributed by atoms with E-state index in [1.165, 1.54) is 5.56 Å². The Kier molecular flexibility index (Phi) is 3.30. The minimum absolute atomic E-state index is 0.673. The van der Waals surface area contributed by atoms with Gasteiger partial charge in [0, 0.05) is 23.8 Å². The monoisotopic (exact) mass is 259 g/mol. The van der Waals surface area contributed by atoms with Crippen LogP contribution in [0.3, 0.4) is 0 Å². The lowest BCUT2D eigenvalue weighted by atomic mass is 10.1. The van der Waals surface area contributed by atoms with Crippen LogP contribution >= 0.6 is 0 Å². The third kappa shape index (κ3) is 2.60. The van der Waals surface area contributed by atoms with Crippen molar-refractivity contribution >= 4 is 16.6 Å². The number of benzene rings is 2. The molecule has 0 amide bonds. The lowest BCUT2D eigenvalue weighted by Crippen LogP contribution is -1.99. The quantitative estimate of drug-likeness (QED) is 0.779. The maximum Gasteiger partial charge on any atom is 0.0991 e. The largest absolute Gasteiger partial charge is 0.381 e. The molecule has 1 N–H and O–H groups in total. The minimum Gasteiger partial charge on any atom is -0.381 e. The number of anilines is 1. The van der Waals surface area contributed by atoms with Crippen molar-refractivity contribution in [3.63, 3.8) is 0 Å². The molecule has 0 saturated carbocycles. The number of nitrogens with zero attached hydrogens (tertiary/aromatic N) is 2. The van der Waals surface area contributed by atoms with Gasteiger partial charge in [-0.25, -0.2) is 0 Å². The molecule has 0 atom stereocenters. The molecule has 0 bridgehead atoms. The molecule has 1 heterocycles. The van der Waals surface area contributed by atoms with E-state index < -0.39 is 0 Å². The van der Waals surface area contributed by atoms with Gasteiger partial charge in [0.15, 0.2) is 0 Å². The van der Waals surface area contributed by atoms with Crippen molar-refractivity contribution < 1.29 is 0 Å². The van der Waals surface area contributed by atoms with Gasteiger partial charge in [-0.15, -0.1) is 0 Å². The number of pyridine rings is 1. The number of hydrogen-bond acceptors (Lipinski definition) is 3. The molecule has 3 aromatic rings. The van der Waals surface area contributed by atoms with E-state index in [9.17, 15) is 0 Å². The highest BCUT2D eigenvalue weighted by Gasteiger charge is 1.98. The first-order chi connectivity index (χ1) is 9.85. The number of hydrogen-bond donors (Lipinski definition) is 1. The Morgan fingerprint density at radius 1 is 1.05 bits per heavy atom. The van der Waals surface area contributed by atoms with Crippen molar-refractivity contribution in [3.8, 4) is 6.07 Å². The fourth-order valence-corrected chi connectivity index (χ4v) is 2.10. The molecule has 0 unspecified atom stereocenters. The summed E-state index contributed by atoms with van der Waals surface area (Å²) in [4.78, 5) is 4.31. The second-order valence-electron chi connectivity index (χ2n) is 4.57. The topological polar surface area (TPSA) is 48.7 Å². The van der Waals surface area contributed by atoms with Gasteiger partial charge in [0.1, 0.15) is 0 Å². The zero-order valence-corrected chi connectivity index (χ0v) is 10.9. The van der Waals surface area contributed by atoms with Crippen LogP contribution in [0.2, 0.25) is 0 Å². The van der Waals surface area contributed by atoms with Crippen LogP contribution in [0.5, 0.6) is 0 Å². The van der Waals surface area contributed by atoms with E-state index in [-0.39, 0.29) is 0 Å². The molecule has 3 heteroatoms. The third-order valence-corrected chi connectivity index (χ3v) is 3.18. The van der Waals surface area contributed by atoms with Crippen LogP contribution < -0.4 is 5.32 Å². The zero-order chi connectivity index (χ0) is 13.8. The average Bonchev–Trinajstić information content (AvgIpc) is 2.53. The Balaban J connectivity index is 1.74. The number of nitrogens with one attached hydrogen (secondary N) is 1. The number of rotatable bonds is 3. The first kappa shape index (κ1) is 12.2. The predicted molar refractivity (Wildman–Crippen MR) is 80.2 cm³/mol. The fourth-order valence-electron chi connectivity index (χ4n) is 2.10. The van der Waals surface area contributed by atoms with E-state index in [0.29, 0.717) is 5.56 Å². The summed E-state index contributed by atoms with van der Waals surface area (Å²) in [6.45, 7) is 0.747. The number of aromatic nitrogens is 1. The van der Waals surface area contributed by atoms with E-state index in [4.69, 9.17) is 5.26 Å². The smallest absolute Gasteiger partial charge is 0.0991 e. The van der Waals surface area contributed by atoms with E-state index in [1.807, 2.05) is 36.4 Å². The highest BCUT2D eigenvalue weighted by molar-refractivity contribution is 5.78. The van der Waals surface area contributed by atoms with Gasteiger partial charge in [-0.3, -0.25) is 4.98 Å². The van der Waals surface area contributed by atoms with Gasteiger partial charge in [-0.2, -0.15) is 5.26 Å². The normalized spacial score (nSPS) is 10.2. The first-order valence-corrected chi connectivity index (χ1v) is 6.43. The lowest BCUT2D eigenvalue weighted by Gasteiger charge is -2.07. The minimum atomic E-state index is 0.673. The molecule has 20 heavy (non-hydrogen) atoms. The molecule has 0 aliphatic carbocycles. The Morgan fingerprint density at radius 3 is 2.70 bits per heavy atom. The molecule has 3 nitrogen and oxygen atoms in total. The van der Waals surface area contributed by atoms with Crippen LogP contribution in [0.1, 0.15) is 11.1 Å². The summed E-state index contributed by atoms with van der Waals surface area (Å²) < 4.78 is 0. The standard InChI is InChI=1S/C17H13N3/c18-11-13-3-6-16(7-4-13)20-12-14-5-8-17-15(10-14)2-1-9-19-17/h1-10,20H,12H2. The van der Waals surface area contributed by atoms with E-state index in [0.717, 1.165) is 23.1 Å². The molecule has 0 aliphatic heterocycles. The van der Waals surface area contributed by atoms with Crippen LogP contribution in [-0.4, -0.2) is 4.98 Å². The molecule has 3 rings (SSSR count). The molecule has 0 spiro atoms. The maximum atomic E-state index is 8.76. The maximum absolute atomic E-state index is 8.76. The summed E-state index contributed by atoms with van der Waals surface area (Å²) in [5.74, 6) is 0. The summed E-state index contributed by atoms with van der Waals surface area (Å²) in [5.41, 5.74) is 3.90. The Morgan fingerprint density at radius 2 is 1.90 bits per heavy atom. The highest BCUT2D eigenvalue weighted by atomic mass is 14.9. The van der Waals surface area contributed by atoms with Gasteiger partial charge >= 0.3 is 0 Å². The highest BCUT2D eigenvalue weighted by Crippen LogP contribution is 2.15. The van der Waals surface area contributed by atoms with E-state index in [1.54, 1.807) is 6.20 Å². The van der Waals surface area contributed by atoms with Gasteiger partial charge in [0.05, 0.1) is 17.1 Å². The molecule has 0 fully saturated rings. The van der Waals surface area contributed by atoms with Crippen molar-refractivity contribution in [3.05, 3.63) is 71.9 Å². The summed E-state index contributed by atoms with van der Waals surface area (Å²) >= 11 is 0. The lowest BCUT2D eigenvalue weighted by molar-refractivity contribution is 1.15. The summed E-state index contributed by atoms with van der Waals surface area (Å²) in [6, 6.07) is 19.8. The second kappa shape index (κ2) is 5.41. The molecular formula is C17H13N3. The Labute approximate surface area is 117 Å². The average molecular weight is 259 g/mol. The van der Waals surface area contributed by atoms with Gasteiger partial charge in [0.25, 0.3) is 0 Å². The van der Waals surface area contributed by atoms with Crippen molar-refractivity contribution in [2.45, 2.75) is 6.54 Å². The molecule has 1 aromatic heterocycles. The predicted octanol–water partition coefficient (Wildman–Crippen LogP) is 3.72. The SMILES string of the molecule is N#Cc1ccc(NCc2ccc3ncccc3c2)cc1. The summed E-state index contributed by atoms with van der Waals surface area (Å²) in [7, 11) is 0. The van der Waals surface area contributed by atoms with Gasteiger partial charge in [-0.05, 0) is 48.0 Å². The van der Waals surface area contributed by atoms with Crippen molar-refractivity contribution in [2.75, 3.05) is 5.32 Å². The van der Waals surface area contributed by atoms with Crippen LogP contribution in [-0.2, 0) is 6.54 Å². The second-order valence-corrected chi connectivity index (χ2v) is 4.57. The third-order valence-electron chi connectivity index (χ3n) is 3.18. The molecule has 0 radical (unpaired) electrons. The van der Waals surface area contributed by atoms with Crippen molar-refractivity contribution in [1.82, 2.24) is 4.98 Å². The summed E-state index contributed by atoms with van der Waals surface area (Å²) in [5, 5.41) is 13.3. The molecule has 0 saturated heterocycles. The van der Waals surface area contributed by atoms with Crippen molar-refractivity contribution in [1.29, 1.82) is 5.26 Å². The first-order valence-electron chi connectivity index (χ1n) is 6.43. The fraction of sp³-hybridized carbons (Fsp3) is 0.0588. The van der Waals surface area contributed by atoms with Crippen LogP contribution in [0, 0.1) is 11.3 Å². The van der Waals surface area contributed by atoms with Gasteiger partial charge in [-0.1, -0.05) is 12.1 Å². The Bertz CT molecular complexity index is 770. The van der Waals surface area contributed by atoms with E-state index in [2.05, 4.69) is 34.6 Å². The molecule has 2 aromatic carbocycles. The van der Waals surface area contributed by atoms with Crippen molar-refractivity contribution in [2.24, 2.45) is 0 Å². The molecule has 96 valence electrons. The molecular weight excluding hydrogens is 246 g/mol. The van der Waals surface area contributed by atoms with Crippen LogP contribution in [0.15, 0.2) is 60.8 Å². The number of nitriles is 1. The van der Waals surface area contributed by atoms with Crippen LogP contribution in [0.25, 0.3) is 10.9 Å². The van der Waals surface area contributed by atoms with Crippen LogP contribution in [0.4, 0.5) is 5.69 Å².